The molecule has 120 valence electrons. The average Bonchev–Trinajstić information content (AvgIpc) is 2.55. The van der Waals surface area contributed by atoms with Gasteiger partial charge in [-0.3, -0.25) is 4.79 Å². The van der Waals surface area contributed by atoms with Crippen molar-refractivity contribution >= 4 is 17.3 Å². The Morgan fingerprint density at radius 1 is 1.17 bits per heavy atom. The van der Waals surface area contributed by atoms with Crippen LogP contribution in [0.2, 0.25) is 0 Å². The van der Waals surface area contributed by atoms with Gasteiger partial charge in [0.15, 0.2) is 0 Å². The second kappa shape index (κ2) is 6.32. The molecule has 4 nitrogen and oxygen atoms in total. The molecule has 1 N–H and O–H groups in total. The molecule has 1 heterocycles. The van der Waals surface area contributed by atoms with Crippen molar-refractivity contribution in [3.8, 4) is 5.75 Å². The summed E-state index contributed by atoms with van der Waals surface area (Å²) in [6.45, 7) is 3.73. The molecule has 0 spiro atoms. The fourth-order valence-corrected chi connectivity index (χ4v) is 3.32. The molecule has 0 radical (unpaired) electrons. The molecule has 0 bridgehead atoms. The van der Waals surface area contributed by atoms with E-state index in [1.807, 2.05) is 47.4 Å². The van der Waals surface area contributed by atoms with Crippen LogP contribution < -0.4 is 15.0 Å². The molecule has 0 saturated heterocycles. The van der Waals surface area contributed by atoms with Crippen molar-refractivity contribution in [3.63, 3.8) is 0 Å². The third-order valence-corrected chi connectivity index (χ3v) is 4.36. The largest absolute Gasteiger partial charge is 0.497 e. The minimum absolute atomic E-state index is 0.0906. The third kappa shape index (κ3) is 3.02. The number of benzene rings is 2. The van der Waals surface area contributed by atoms with Gasteiger partial charge in [-0.2, -0.15) is 0 Å². The van der Waals surface area contributed by atoms with E-state index in [2.05, 4.69) is 18.3 Å². The molecule has 4 heteroatoms. The Morgan fingerprint density at radius 2 is 1.87 bits per heavy atom. The zero-order chi connectivity index (χ0) is 16.4. The van der Waals surface area contributed by atoms with Crippen LogP contribution in [-0.2, 0) is 4.79 Å². The van der Waals surface area contributed by atoms with E-state index in [4.69, 9.17) is 4.74 Å². The molecule has 3 rings (SSSR count). The molecular weight excluding hydrogens is 288 g/mol. The number of hydrogen-bond donors (Lipinski definition) is 1. The van der Waals surface area contributed by atoms with E-state index in [0.717, 1.165) is 29.1 Å². The zero-order valence-corrected chi connectivity index (χ0v) is 13.7. The number of rotatable bonds is 3. The molecule has 2 atom stereocenters. The monoisotopic (exact) mass is 310 g/mol. The second-order valence-electron chi connectivity index (χ2n) is 5.96. The molecule has 1 amide bonds. The maximum atomic E-state index is 12.0. The van der Waals surface area contributed by atoms with Gasteiger partial charge < -0.3 is 15.0 Å². The highest BCUT2D eigenvalue weighted by molar-refractivity contribution is 5.93. The van der Waals surface area contributed by atoms with Crippen LogP contribution in [0.25, 0.3) is 0 Å². The number of nitrogens with one attached hydrogen (secondary N) is 1. The van der Waals surface area contributed by atoms with Gasteiger partial charge in [0.1, 0.15) is 5.75 Å². The van der Waals surface area contributed by atoms with E-state index < -0.39 is 0 Å². The second-order valence-corrected chi connectivity index (χ2v) is 5.96. The topological polar surface area (TPSA) is 41.6 Å². The van der Waals surface area contributed by atoms with Gasteiger partial charge in [0.05, 0.1) is 13.2 Å². The van der Waals surface area contributed by atoms with Crippen LogP contribution in [0.1, 0.15) is 31.9 Å². The van der Waals surface area contributed by atoms with Crippen molar-refractivity contribution in [2.45, 2.75) is 32.4 Å². The molecule has 1 aliphatic heterocycles. The fourth-order valence-electron chi connectivity index (χ4n) is 3.32. The predicted molar refractivity (Wildman–Crippen MR) is 93.0 cm³/mol. The first kappa shape index (κ1) is 15.4. The Labute approximate surface area is 137 Å². The maximum absolute atomic E-state index is 12.0. The van der Waals surface area contributed by atoms with Gasteiger partial charge in [-0.25, -0.2) is 0 Å². The minimum Gasteiger partial charge on any atom is -0.497 e. The predicted octanol–water partition coefficient (Wildman–Crippen LogP) is 3.99. The number of para-hydroxylation sites is 1. The first-order valence-corrected chi connectivity index (χ1v) is 7.89. The number of amides is 1. The molecular formula is C19H22N2O2. The molecule has 0 aliphatic carbocycles. The summed E-state index contributed by atoms with van der Waals surface area (Å²) < 4.78 is 5.20. The molecule has 0 saturated carbocycles. The summed E-state index contributed by atoms with van der Waals surface area (Å²) >= 11 is 0. The van der Waals surface area contributed by atoms with Gasteiger partial charge in [0.25, 0.3) is 0 Å². The van der Waals surface area contributed by atoms with Gasteiger partial charge in [0.2, 0.25) is 5.91 Å². The van der Waals surface area contributed by atoms with E-state index >= 15 is 0 Å². The fraction of sp³-hybridized carbons (Fsp3) is 0.316. The Hall–Kier alpha value is -2.49. The standard InChI is InChI=1S/C19H22N2O2/c1-13-12-18(20-15-8-10-16(23-3)11-9-15)17-6-4-5-7-19(17)21(13)14(2)22/h4-11,13,18,20H,12H2,1-3H3/t13-,18+/m1/s1. The van der Waals surface area contributed by atoms with Crippen molar-refractivity contribution in [3.05, 3.63) is 54.1 Å². The summed E-state index contributed by atoms with van der Waals surface area (Å²) in [5, 5.41) is 3.58. The van der Waals surface area contributed by atoms with Crippen LogP contribution in [-0.4, -0.2) is 19.1 Å². The van der Waals surface area contributed by atoms with Gasteiger partial charge in [-0.05, 0) is 49.2 Å². The number of fused-ring (bicyclic) bond motifs is 1. The van der Waals surface area contributed by atoms with E-state index in [1.54, 1.807) is 14.0 Å². The maximum Gasteiger partial charge on any atom is 0.224 e. The lowest BCUT2D eigenvalue weighted by Crippen LogP contribution is -2.43. The van der Waals surface area contributed by atoms with Crippen LogP contribution in [0.4, 0.5) is 11.4 Å². The Bertz CT molecular complexity index is 697. The van der Waals surface area contributed by atoms with Gasteiger partial charge in [-0.15, -0.1) is 0 Å². The average molecular weight is 310 g/mol. The summed E-state index contributed by atoms with van der Waals surface area (Å²) in [5.74, 6) is 0.934. The zero-order valence-electron chi connectivity index (χ0n) is 13.7. The van der Waals surface area contributed by atoms with Crippen molar-refractivity contribution in [1.82, 2.24) is 0 Å². The first-order valence-electron chi connectivity index (χ1n) is 7.89. The molecule has 0 unspecified atom stereocenters. The van der Waals surface area contributed by atoms with Crippen LogP contribution in [0.5, 0.6) is 5.75 Å². The molecule has 0 aromatic heterocycles. The number of hydrogen-bond acceptors (Lipinski definition) is 3. The highest BCUT2D eigenvalue weighted by atomic mass is 16.5. The summed E-state index contributed by atoms with van der Waals surface area (Å²) in [6, 6.07) is 16.4. The van der Waals surface area contributed by atoms with E-state index in [0.29, 0.717) is 0 Å². The van der Waals surface area contributed by atoms with Crippen molar-refractivity contribution in [2.24, 2.45) is 0 Å². The summed E-state index contributed by atoms with van der Waals surface area (Å²) in [4.78, 5) is 13.9. The lowest BCUT2D eigenvalue weighted by molar-refractivity contribution is -0.117. The number of carbonyl (C=O) groups is 1. The molecule has 2 aromatic rings. The molecule has 1 aliphatic rings. The number of methoxy groups -OCH3 is 1. The van der Waals surface area contributed by atoms with Gasteiger partial charge in [-0.1, -0.05) is 18.2 Å². The van der Waals surface area contributed by atoms with Crippen LogP contribution in [0, 0.1) is 0 Å². The first-order chi connectivity index (χ1) is 11.1. The lowest BCUT2D eigenvalue weighted by atomic mass is 9.91. The normalized spacial score (nSPS) is 19.9. The highest BCUT2D eigenvalue weighted by Gasteiger charge is 2.31. The van der Waals surface area contributed by atoms with Crippen molar-refractivity contribution in [2.75, 3.05) is 17.3 Å². The summed E-state index contributed by atoms with van der Waals surface area (Å²) in [7, 11) is 1.66. The van der Waals surface area contributed by atoms with Crippen LogP contribution >= 0.6 is 0 Å². The molecule has 0 fully saturated rings. The van der Waals surface area contributed by atoms with E-state index in [9.17, 15) is 4.79 Å². The van der Waals surface area contributed by atoms with Crippen LogP contribution in [0.3, 0.4) is 0 Å². The van der Waals surface area contributed by atoms with E-state index in [-0.39, 0.29) is 18.0 Å². The SMILES string of the molecule is COc1ccc(N[C@H]2C[C@@H](C)N(C(C)=O)c3ccccc32)cc1. The van der Waals surface area contributed by atoms with E-state index in [1.165, 1.54) is 0 Å². The Kier molecular flexibility index (Phi) is 4.24. The van der Waals surface area contributed by atoms with Crippen molar-refractivity contribution < 1.29 is 9.53 Å². The molecule has 23 heavy (non-hydrogen) atoms. The summed E-state index contributed by atoms with van der Waals surface area (Å²) in [5.41, 5.74) is 3.22. The number of carbonyl (C=O) groups excluding carboxylic acids is 1. The minimum atomic E-state index is 0.0906. The number of nitrogens with zero attached hydrogens (tertiary/aromatic N) is 1. The quantitative estimate of drug-likeness (QED) is 0.932. The molecule has 2 aromatic carbocycles. The van der Waals surface area contributed by atoms with Crippen LogP contribution in [0.15, 0.2) is 48.5 Å². The van der Waals surface area contributed by atoms with Crippen molar-refractivity contribution in [1.29, 1.82) is 0 Å². The third-order valence-electron chi connectivity index (χ3n) is 4.36. The Balaban J connectivity index is 1.90. The van der Waals surface area contributed by atoms with Gasteiger partial charge >= 0.3 is 0 Å². The summed E-state index contributed by atoms with van der Waals surface area (Å²) in [6.07, 6.45) is 0.878. The number of anilines is 2. The smallest absolute Gasteiger partial charge is 0.224 e. The number of ether oxygens (including phenoxy) is 1. The lowest BCUT2D eigenvalue weighted by Gasteiger charge is -2.39. The Morgan fingerprint density at radius 3 is 2.52 bits per heavy atom. The van der Waals surface area contributed by atoms with Gasteiger partial charge in [0, 0.05) is 24.3 Å². The highest BCUT2D eigenvalue weighted by Crippen LogP contribution is 2.38.